The van der Waals surface area contributed by atoms with Crippen molar-refractivity contribution in [3.8, 4) is 17.2 Å². The Balaban J connectivity index is 2.42. The third-order valence-corrected chi connectivity index (χ3v) is 5.37. The fourth-order valence-corrected chi connectivity index (χ4v) is 3.24. The highest BCUT2D eigenvalue weighted by molar-refractivity contribution is 7.89. The normalized spacial score (nSPS) is 11.0. The van der Waals surface area contributed by atoms with Gasteiger partial charge in [-0.25, -0.2) is 13.1 Å². The third kappa shape index (κ3) is 4.32. The molecule has 0 aliphatic heterocycles. The van der Waals surface area contributed by atoms with Gasteiger partial charge in [0.25, 0.3) is 5.91 Å². The predicted octanol–water partition coefficient (Wildman–Crippen LogP) is 2.18. The molecule has 146 valence electrons. The summed E-state index contributed by atoms with van der Waals surface area (Å²) in [7, 11) is 2.07. The summed E-state index contributed by atoms with van der Waals surface area (Å²) in [5, 5.41) is 2.73. The van der Waals surface area contributed by atoms with Crippen molar-refractivity contribution < 1.29 is 27.4 Å². The van der Waals surface area contributed by atoms with Crippen molar-refractivity contribution in [3.63, 3.8) is 0 Å². The number of nitrogens with one attached hydrogen (secondary N) is 2. The molecule has 0 spiro atoms. The molecule has 0 aliphatic carbocycles. The van der Waals surface area contributed by atoms with Crippen molar-refractivity contribution in [1.82, 2.24) is 4.72 Å². The maximum absolute atomic E-state index is 12.7. The summed E-state index contributed by atoms with van der Waals surface area (Å²) in [6, 6.07) is 7.52. The van der Waals surface area contributed by atoms with Crippen LogP contribution in [-0.2, 0) is 10.0 Å². The van der Waals surface area contributed by atoms with Crippen LogP contribution in [0.3, 0.4) is 0 Å². The van der Waals surface area contributed by atoms with Gasteiger partial charge in [0.15, 0.2) is 11.5 Å². The molecule has 27 heavy (non-hydrogen) atoms. The summed E-state index contributed by atoms with van der Waals surface area (Å²) in [6.45, 7) is 1.72. The number of methoxy groups -OCH3 is 3. The minimum Gasteiger partial charge on any atom is -0.493 e. The van der Waals surface area contributed by atoms with E-state index in [0.29, 0.717) is 28.5 Å². The summed E-state index contributed by atoms with van der Waals surface area (Å²) < 4.78 is 42.0. The molecule has 2 aromatic rings. The number of carbonyl (C=O) groups excluding carboxylic acids is 1. The molecule has 0 aromatic heterocycles. The predicted molar refractivity (Wildman–Crippen MR) is 101 cm³/mol. The number of hydrogen-bond donors (Lipinski definition) is 2. The number of anilines is 1. The molecule has 0 atom stereocenters. The Hall–Kier alpha value is -2.78. The van der Waals surface area contributed by atoms with E-state index in [1.807, 2.05) is 0 Å². The first-order chi connectivity index (χ1) is 12.8. The lowest BCUT2D eigenvalue weighted by Gasteiger charge is -2.15. The number of aryl methyl sites for hydroxylation is 1. The van der Waals surface area contributed by atoms with Crippen molar-refractivity contribution in [2.75, 3.05) is 33.7 Å². The zero-order valence-electron chi connectivity index (χ0n) is 15.7. The number of ether oxygens (including phenoxy) is 3. The monoisotopic (exact) mass is 394 g/mol. The molecular weight excluding hydrogens is 372 g/mol. The molecule has 0 fully saturated rings. The summed E-state index contributed by atoms with van der Waals surface area (Å²) in [5.74, 6) is 0.706. The van der Waals surface area contributed by atoms with Gasteiger partial charge in [0.2, 0.25) is 15.8 Å². The summed E-state index contributed by atoms with van der Waals surface area (Å²) in [4.78, 5) is 12.7. The van der Waals surface area contributed by atoms with Gasteiger partial charge in [0.1, 0.15) is 0 Å². The number of rotatable bonds is 7. The first kappa shape index (κ1) is 20.5. The van der Waals surface area contributed by atoms with Gasteiger partial charge < -0.3 is 19.5 Å². The Morgan fingerprint density at radius 1 is 0.963 bits per heavy atom. The van der Waals surface area contributed by atoms with E-state index in [1.54, 1.807) is 25.1 Å². The second-order valence-corrected chi connectivity index (χ2v) is 7.44. The van der Waals surface area contributed by atoms with E-state index in [9.17, 15) is 13.2 Å². The van der Waals surface area contributed by atoms with Crippen molar-refractivity contribution in [2.45, 2.75) is 11.8 Å². The first-order valence-corrected chi connectivity index (χ1v) is 9.41. The zero-order chi connectivity index (χ0) is 20.2. The third-order valence-electron chi connectivity index (χ3n) is 3.96. The van der Waals surface area contributed by atoms with Crippen molar-refractivity contribution in [1.29, 1.82) is 0 Å². The van der Waals surface area contributed by atoms with Crippen molar-refractivity contribution >= 4 is 21.6 Å². The Labute approximate surface area is 158 Å². The molecule has 0 saturated heterocycles. The molecule has 0 radical (unpaired) electrons. The van der Waals surface area contributed by atoms with E-state index >= 15 is 0 Å². The molecule has 2 N–H and O–H groups in total. The van der Waals surface area contributed by atoms with Gasteiger partial charge in [-0.15, -0.1) is 0 Å². The minimum atomic E-state index is -3.66. The highest BCUT2D eigenvalue weighted by Gasteiger charge is 2.18. The Kier molecular flexibility index (Phi) is 6.29. The second-order valence-electron chi connectivity index (χ2n) is 5.55. The average Bonchev–Trinajstić information content (AvgIpc) is 2.67. The summed E-state index contributed by atoms with van der Waals surface area (Å²) in [5.41, 5.74) is 1.28. The molecule has 0 saturated carbocycles. The Morgan fingerprint density at radius 3 is 2.04 bits per heavy atom. The van der Waals surface area contributed by atoms with Gasteiger partial charge in [-0.05, 0) is 31.7 Å². The van der Waals surface area contributed by atoms with E-state index in [2.05, 4.69) is 10.0 Å². The number of benzene rings is 2. The quantitative estimate of drug-likeness (QED) is 0.746. The lowest BCUT2D eigenvalue weighted by molar-refractivity contribution is 0.102. The number of sulfonamides is 1. The largest absolute Gasteiger partial charge is 0.493 e. The molecule has 2 rings (SSSR count). The minimum absolute atomic E-state index is 0.00522. The molecule has 0 unspecified atom stereocenters. The highest BCUT2D eigenvalue weighted by atomic mass is 32.2. The van der Waals surface area contributed by atoms with Crippen LogP contribution in [0.15, 0.2) is 35.2 Å². The molecule has 9 heteroatoms. The lowest BCUT2D eigenvalue weighted by atomic mass is 10.1. The molecule has 0 heterocycles. The van der Waals surface area contributed by atoms with Gasteiger partial charge in [0.05, 0.1) is 26.2 Å². The van der Waals surface area contributed by atoms with Crippen LogP contribution in [0.2, 0.25) is 0 Å². The maximum atomic E-state index is 12.7. The van der Waals surface area contributed by atoms with E-state index in [4.69, 9.17) is 14.2 Å². The molecular formula is C18H22N2O6S. The SMILES string of the molecule is CNS(=O)(=O)c1ccc(C)c(C(=O)Nc2cc(OC)c(OC)c(OC)c2)c1. The maximum Gasteiger partial charge on any atom is 0.255 e. The molecule has 0 aliphatic rings. The molecule has 1 amide bonds. The van der Waals surface area contributed by atoms with Crippen LogP contribution in [-0.4, -0.2) is 42.7 Å². The Bertz CT molecular complexity index is 931. The van der Waals surface area contributed by atoms with Crippen LogP contribution in [0.4, 0.5) is 5.69 Å². The van der Waals surface area contributed by atoms with E-state index in [0.717, 1.165) is 0 Å². The zero-order valence-corrected chi connectivity index (χ0v) is 16.6. The summed E-state index contributed by atoms with van der Waals surface area (Å²) in [6.07, 6.45) is 0. The van der Waals surface area contributed by atoms with Crippen molar-refractivity contribution in [2.24, 2.45) is 0 Å². The fraction of sp³-hybridized carbons (Fsp3) is 0.278. The highest BCUT2D eigenvalue weighted by Crippen LogP contribution is 2.40. The van der Waals surface area contributed by atoms with Crippen LogP contribution < -0.4 is 24.2 Å². The van der Waals surface area contributed by atoms with Crippen LogP contribution in [0.5, 0.6) is 17.2 Å². The van der Waals surface area contributed by atoms with Crippen LogP contribution in [0, 0.1) is 6.92 Å². The van der Waals surface area contributed by atoms with Crippen LogP contribution >= 0.6 is 0 Å². The van der Waals surface area contributed by atoms with Crippen LogP contribution in [0.1, 0.15) is 15.9 Å². The average molecular weight is 394 g/mol. The molecule has 2 aromatic carbocycles. The fourth-order valence-electron chi connectivity index (χ4n) is 2.48. The second kappa shape index (κ2) is 8.28. The summed E-state index contributed by atoms with van der Waals surface area (Å²) >= 11 is 0. The Morgan fingerprint density at radius 2 is 1.56 bits per heavy atom. The number of amides is 1. The van der Waals surface area contributed by atoms with Gasteiger partial charge in [-0.1, -0.05) is 6.07 Å². The van der Waals surface area contributed by atoms with Gasteiger partial charge >= 0.3 is 0 Å². The van der Waals surface area contributed by atoms with Gasteiger partial charge in [-0.3, -0.25) is 4.79 Å². The smallest absolute Gasteiger partial charge is 0.255 e. The van der Waals surface area contributed by atoms with Crippen molar-refractivity contribution in [3.05, 3.63) is 41.5 Å². The van der Waals surface area contributed by atoms with E-state index in [1.165, 1.54) is 40.5 Å². The lowest BCUT2D eigenvalue weighted by Crippen LogP contribution is -2.20. The topological polar surface area (TPSA) is 103 Å². The molecule has 8 nitrogen and oxygen atoms in total. The van der Waals surface area contributed by atoms with Gasteiger partial charge in [0, 0.05) is 23.4 Å². The number of carbonyl (C=O) groups is 1. The number of hydrogen-bond acceptors (Lipinski definition) is 6. The van der Waals surface area contributed by atoms with E-state index < -0.39 is 15.9 Å². The van der Waals surface area contributed by atoms with Gasteiger partial charge in [-0.2, -0.15) is 0 Å². The first-order valence-electron chi connectivity index (χ1n) is 7.93. The standard InChI is InChI=1S/C18H22N2O6S/c1-11-6-7-13(27(22,23)19-2)10-14(11)18(21)20-12-8-15(24-3)17(26-5)16(9-12)25-4/h6-10,19H,1-5H3,(H,20,21). The van der Waals surface area contributed by atoms with Crippen LogP contribution in [0.25, 0.3) is 0 Å². The molecule has 0 bridgehead atoms. The van der Waals surface area contributed by atoms with E-state index in [-0.39, 0.29) is 10.5 Å².